The van der Waals surface area contributed by atoms with E-state index in [9.17, 15) is 0 Å². The van der Waals surface area contributed by atoms with E-state index in [1.165, 1.54) is 11.1 Å². The van der Waals surface area contributed by atoms with Crippen LogP contribution in [0.15, 0.2) is 34.6 Å². The van der Waals surface area contributed by atoms with Crippen LogP contribution in [-0.4, -0.2) is 44.8 Å². The highest BCUT2D eigenvalue weighted by atomic mass is 127. The third-order valence-corrected chi connectivity index (χ3v) is 4.29. The highest BCUT2D eigenvalue weighted by Gasteiger charge is 2.05. The van der Waals surface area contributed by atoms with Gasteiger partial charge in [0.1, 0.15) is 5.01 Å². The van der Waals surface area contributed by atoms with Crippen LogP contribution in [-0.2, 0) is 11.2 Å². The number of rotatable bonds is 7. The van der Waals surface area contributed by atoms with Crippen LogP contribution in [0.4, 0.5) is 0 Å². The molecule has 2 N–H and O–H groups in total. The van der Waals surface area contributed by atoms with Crippen molar-refractivity contribution < 1.29 is 4.74 Å². The molecule has 0 atom stereocenters. The molecule has 7 heteroatoms. The predicted molar refractivity (Wildman–Crippen MR) is 113 cm³/mol. The summed E-state index contributed by atoms with van der Waals surface area (Å²) < 4.78 is 5.01. The smallest absolute Gasteiger partial charge is 0.191 e. The number of nitrogens with zero attached hydrogens (tertiary/aromatic N) is 2. The molecule has 0 aliphatic rings. The van der Waals surface area contributed by atoms with Crippen LogP contribution < -0.4 is 10.6 Å². The summed E-state index contributed by atoms with van der Waals surface area (Å²) in [6.07, 6.45) is 0.868. The molecule has 1 heterocycles. The summed E-state index contributed by atoms with van der Waals surface area (Å²) in [6.45, 7) is 4.29. The van der Waals surface area contributed by atoms with Gasteiger partial charge >= 0.3 is 0 Å². The zero-order valence-corrected chi connectivity index (χ0v) is 17.5. The van der Waals surface area contributed by atoms with E-state index in [-0.39, 0.29) is 24.0 Å². The van der Waals surface area contributed by atoms with Crippen molar-refractivity contribution in [2.45, 2.75) is 13.3 Å². The lowest BCUT2D eigenvalue weighted by Crippen LogP contribution is -2.39. The maximum absolute atomic E-state index is 5.01. The number of hydrogen-bond donors (Lipinski definition) is 2. The summed E-state index contributed by atoms with van der Waals surface area (Å²) in [5.74, 6) is 0.788. The summed E-state index contributed by atoms with van der Waals surface area (Å²) in [6, 6.07) is 8.48. The lowest BCUT2D eigenvalue weighted by Gasteiger charge is -2.10. The summed E-state index contributed by atoms with van der Waals surface area (Å²) >= 11 is 1.69. The zero-order chi connectivity index (χ0) is 16.5. The van der Waals surface area contributed by atoms with Crippen LogP contribution in [0, 0.1) is 6.92 Å². The van der Waals surface area contributed by atoms with Crippen LogP contribution in [0.5, 0.6) is 0 Å². The Bertz CT molecular complexity index is 628. The Hall–Kier alpha value is -1.19. The Labute approximate surface area is 165 Å². The van der Waals surface area contributed by atoms with Crippen LogP contribution in [0.3, 0.4) is 0 Å². The lowest BCUT2D eigenvalue weighted by molar-refractivity contribution is 0.203. The second-order valence-electron chi connectivity index (χ2n) is 5.18. The van der Waals surface area contributed by atoms with E-state index in [0.29, 0.717) is 6.61 Å². The highest BCUT2D eigenvalue weighted by Crippen LogP contribution is 2.23. The van der Waals surface area contributed by atoms with Gasteiger partial charge in [0.2, 0.25) is 0 Å². The van der Waals surface area contributed by atoms with Crippen molar-refractivity contribution in [1.82, 2.24) is 15.6 Å². The molecule has 0 radical (unpaired) electrons. The monoisotopic (exact) mass is 460 g/mol. The molecule has 0 saturated heterocycles. The molecule has 0 spiro atoms. The number of aryl methyl sites for hydroxylation is 1. The van der Waals surface area contributed by atoms with E-state index in [1.54, 1.807) is 25.5 Å². The summed E-state index contributed by atoms with van der Waals surface area (Å²) in [5, 5.41) is 9.67. The fourth-order valence-corrected chi connectivity index (χ4v) is 2.91. The first-order valence-corrected chi connectivity index (χ1v) is 8.56. The van der Waals surface area contributed by atoms with Gasteiger partial charge in [0.15, 0.2) is 5.96 Å². The van der Waals surface area contributed by atoms with Crippen LogP contribution in [0.2, 0.25) is 0 Å². The topological polar surface area (TPSA) is 58.5 Å². The van der Waals surface area contributed by atoms with Crippen molar-refractivity contribution >= 4 is 41.3 Å². The van der Waals surface area contributed by atoms with Gasteiger partial charge in [-0.1, -0.05) is 29.8 Å². The maximum Gasteiger partial charge on any atom is 0.191 e. The third kappa shape index (κ3) is 6.74. The van der Waals surface area contributed by atoms with Crippen LogP contribution >= 0.6 is 35.3 Å². The number of ether oxygens (including phenoxy) is 1. The molecular weight excluding hydrogens is 435 g/mol. The van der Waals surface area contributed by atoms with Gasteiger partial charge in [0.25, 0.3) is 0 Å². The molecule has 0 fully saturated rings. The number of aliphatic imine (C=N–C) groups is 1. The molecule has 0 aliphatic carbocycles. The van der Waals surface area contributed by atoms with Crippen molar-refractivity contribution in [1.29, 1.82) is 0 Å². The molecular formula is C17H25IN4OS. The van der Waals surface area contributed by atoms with Gasteiger partial charge in [0, 0.05) is 44.6 Å². The molecule has 0 aliphatic heterocycles. The Morgan fingerprint density at radius 2 is 1.92 bits per heavy atom. The number of aromatic nitrogens is 1. The van der Waals surface area contributed by atoms with Gasteiger partial charge in [-0.2, -0.15) is 0 Å². The number of thiazole rings is 1. The number of halogens is 1. The number of nitrogens with one attached hydrogen (secondary N) is 2. The second kappa shape index (κ2) is 11.4. The minimum Gasteiger partial charge on any atom is -0.383 e. The molecule has 132 valence electrons. The van der Waals surface area contributed by atoms with Gasteiger partial charge in [-0.3, -0.25) is 4.99 Å². The fourth-order valence-electron chi connectivity index (χ4n) is 2.05. The van der Waals surface area contributed by atoms with E-state index in [0.717, 1.165) is 36.2 Å². The Morgan fingerprint density at radius 3 is 2.58 bits per heavy atom. The predicted octanol–water partition coefficient (Wildman–Crippen LogP) is 3.09. The SMILES string of the molecule is CN=C(NCCOC)NCCc1csc(-c2ccc(C)cc2)n1.I. The van der Waals surface area contributed by atoms with E-state index >= 15 is 0 Å². The number of hydrogen-bond acceptors (Lipinski definition) is 4. The summed E-state index contributed by atoms with van der Waals surface area (Å²) in [7, 11) is 3.45. The zero-order valence-electron chi connectivity index (χ0n) is 14.3. The highest BCUT2D eigenvalue weighted by molar-refractivity contribution is 14.0. The molecule has 0 bridgehead atoms. The minimum absolute atomic E-state index is 0. The van der Waals surface area contributed by atoms with Crippen molar-refractivity contribution in [3.63, 3.8) is 0 Å². The van der Waals surface area contributed by atoms with Crippen molar-refractivity contribution in [3.8, 4) is 10.6 Å². The molecule has 2 rings (SSSR count). The van der Waals surface area contributed by atoms with E-state index in [1.807, 2.05) is 0 Å². The standard InChI is InChI=1S/C17H24N4OS.HI/c1-13-4-6-14(7-5-13)16-21-15(12-23-16)8-9-19-17(18-2)20-10-11-22-3;/h4-7,12H,8-11H2,1-3H3,(H2,18,19,20);1H. The Balaban J connectivity index is 0.00000288. The van der Waals surface area contributed by atoms with Gasteiger partial charge in [-0.15, -0.1) is 35.3 Å². The van der Waals surface area contributed by atoms with Gasteiger partial charge in [-0.05, 0) is 6.92 Å². The molecule has 0 unspecified atom stereocenters. The Morgan fingerprint density at radius 1 is 1.21 bits per heavy atom. The number of guanidine groups is 1. The first-order chi connectivity index (χ1) is 11.2. The largest absolute Gasteiger partial charge is 0.383 e. The van der Waals surface area contributed by atoms with Crippen molar-refractivity contribution in [2.75, 3.05) is 33.9 Å². The minimum atomic E-state index is 0. The average Bonchev–Trinajstić information content (AvgIpc) is 3.03. The molecule has 0 saturated carbocycles. The Kier molecular flexibility index (Phi) is 9.89. The molecule has 0 amide bonds. The first-order valence-electron chi connectivity index (χ1n) is 7.68. The lowest BCUT2D eigenvalue weighted by atomic mass is 10.2. The van der Waals surface area contributed by atoms with E-state index < -0.39 is 0 Å². The van der Waals surface area contributed by atoms with Gasteiger partial charge in [-0.25, -0.2) is 4.98 Å². The first kappa shape index (κ1) is 20.9. The second-order valence-corrected chi connectivity index (χ2v) is 6.04. The van der Waals surface area contributed by atoms with Crippen LogP contribution in [0.25, 0.3) is 10.6 Å². The molecule has 24 heavy (non-hydrogen) atoms. The molecule has 1 aromatic heterocycles. The van der Waals surface area contributed by atoms with E-state index in [2.05, 4.69) is 52.2 Å². The van der Waals surface area contributed by atoms with Gasteiger partial charge < -0.3 is 15.4 Å². The average molecular weight is 460 g/mol. The molecule has 5 nitrogen and oxygen atoms in total. The van der Waals surface area contributed by atoms with Crippen molar-refractivity contribution in [3.05, 3.63) is 40.9 Å². The number of benzene rings is 1. The molecule has 1 aromatic carbocycles. The summed E-state index contributed by atoms with van der Waals surface area (Å²) in [4.78, 5) is 8.88. The van der Waals surface area contributed by atoms with Gasteiger partial charge in [0.05, 0.1) is 12.3 Å². The molecule has 2 aromatic rings. The maximum atomic E-state index is 5.01. The quantitative estimate of drug-likeness (QED) is 0.289. The number of methoxy groups -OCH3 is 1. The van der Waals surface area contributed by atoms with Crippen LogP contribution in [0.1, 0.15) is 11.3 Å². The normalized spacial score (nSPS) is 11.0. The summed E-state index contributed by atoms with van der Waals surface area (Å²) in [5.41, 5.74) is 3.55. The fraction of sp³-hybridized carbons (Fsp3) is 0.412. The van der Waals surface area contributed by atoms with Crippen molar-refractivity contribution in [2.24, 2.45) is 4.99 Å². The van der Waals surface area contributed by atoms with E-state index in [4.69, 9.17) is 9.72 Å². The third-order valence-electron chi connectivity index (χ3n) is 3.35.